The van der Waals surface area contributed by atoms with Crippen LogP contribution in [-0.4, -0.2) is 15.0 Å². The molecule has 66 heavy (non-hydrogen) atoms. The molecule has 0 N–H and O–H groups in total. The second-order valence-electron chi connectivity index (χ2n) is 16.7. The van der Waals surface area contributed by atoms with Crippen LogP contribution in [0, 0.1) is 6.57 Å². The second kappa shape index (κ2) is 16.3. The van der Waals surface area contributed by atoms with Crippen LogP contribution in [0.1, 0.15) is 0 Å². The van der Waals surface area contributed by atoms with Crippen LogP contribution in [0.4, 0.5) is 5.69 Å². The summed E-state index contributed by atoms with van der Waals surface area (Å²) in [4.78, 5) is 19.1. The van der Waals surface area contributed by atoms with Crippen LogP contribution in [0.5, 0.6) is 0 Å². The molecule has 4 nitrogen and oxygen atoms in total. The lowest BCUT2D eigenvalue weighted by atomic mass is 9.91. The van der Waals surface area contributed by atoms with E-state index in [-0.39, 0.29) is 0 Å². The van der Waals surface area contributed by atoms with Gasteiger partial charge in [-0.25, -0.2) is 19.8 Å². The Morgan fingerprint density at radius 3 is 1.29 bits per heavy atom. The Hall–Kier alpha value is -9.04. The average Bonchev–Trinajstić information content (AvgIpc) is 3.74. The number of benzene rings is 10. The van der Waals surface area contributed by atoms with Crippen molar-refractivity contribution in [2.45, 2.75) is 0 Å². The van der Waals surface area contributed by atoms with Gasteiger partial charge in [0, 0.05) is 16.7 Å². The molecule has 0 fully saturated rings. The molecule has 0 atom stereocenters. The Bertz CT molecular complexity index is 3720. The van der Waals surface area contributed by atoms with Crippen molar-refractivity contribution >= 4 is 16.5 Å². The summed E-state index contributed by atoms with van der Waals surface area (Å²) < 4.78 is 0. The van der Waals surface area contributed by atoms with E-state index in [1.54, 1.807) is 0 Å². The maximum Gasteiger partial charge on any atom is 0.188 e. The number of nitrogens with zero attached hydrogens (tertiary/aromatic N) is 4. The molecule has 0 bridgehead atoms. The second-order valence-corrected chi connectivity index (χ2v) is 16.7. The van der Waals surface area contributed by atoms with Gasteiger partial charge in [0.25, 0.3) is 0 Å². The molecule has 0 radical (unpaired) electrons. The van der Waals surface area contributed by atoms with Gasteiger partial charge in [-0.05, 0) is 131 Å². The lowest BCUT2D eigenvalue weighted by Gasteiger charge is -2.13. The van der Waals surface area contributed by atoms with Crippen LogP contribution in [-0.2, 0) is 0 Å². The lowest BCUT2D eigenvalue weighted by molar-refractivity contribution is 1.07. The van der Waals surface area contributed by atoms with Crippen LogP contribution < -0.4 is 0 Å². The molecule has 0 amide bonds. The number of hydrogen-bond donors (Lipinski definition) is 0. The Kier molecular flexibility index (Phi) is 9.51. The summed E-state index contributed by atoms with van der Waals surface area (Å²) in [5.41, 5.74) is 19.2. The lowest BCUT2D eigenvalue weighted by Crippen LogP contribution is -2.00. The molecule has 4 heteroatoms. The first-order valence-corrected chi connectivity index (χ1v) is 22.1. The van der Waals surface area contributed by atoms with Crippen molar-refractivity contribution in [1.82, 2.24) is 15.0 Å². The van der Waals surface area contributed by atoms with E-state index in [2.05, 4.69) is 150 Å². The highest BCUT2D eigenvalue weighted by molar-refractivity contribution is 6.19. The Morgan fingerprint density at radius 2 is 0.682 bits per heavy atom. The fraction of sp³-hybridized carbons (Fsp3) is 0. The van der Waals surface area contributed by atoms with Crippen LogP contribution in [0.2, 0.25) is 0 Å². The highest BCUT2D eigenvalue weighted by Gasteiger charge is 2.24. The van der Waals surface area contributed by atoms with Gasteiger partial charge in [-0.15, -0.1) is 0 Å². The van der Waals surface area contributed by atoms with Gasteiger partial charge >= 0.3 is 0 Å². The molecule has 1 aliphatic rings. The third-order valence-electron chi connectivity index (χ3n) is 12.6. The van der Waals surface area contributed by atoms with Crippen molar-refractivity contribution in [2.75, 3.05) is 0 Å². The summed E-state index contributed by atoms with van der Waals surface area (Å²) in [6.07, 6.45) is 0. The van der Waals surface area contributed by atoms with Crippen molar-refractivity contribution in [2.24, 2.45) is 0 Å². The monoisotopic (exact) mass is 838 g/mol. The molecule has 0 unspecified atom stereocenters. The van der Waals surface area contributed by atoms with E-state index >= 15 is 0 Å². The number of rotatable bonds is 8. The SMILES string of the molecule is [C-]#[N+]c1cc(-c2cccc(-c3cccc(-c4ccc5cccc6c5c4-c4ccccc4-6)c3)c2)cc(-c2cccc(-c3nc(-c4ccccc4)nc(-c4cccc(-c5ccccc5)c4)n3)c2)c1. The van der Waals surface area contributed by atoms with E-state index in [0.717, 1.165) is 61.2 Å². The standard InChI is InChI=1S/C62H38N4/c1-63-53-38-51(46-23-10-21-44(33-46)45-22-11-25-48(34-45)54-32-31-41-19-14-30-56-55-28-8-9-29-57(55)59(54)58(41)56)37-52(39-53)47-24-13-27-50(36-47)62-65-60(42-17-6-3-7-18-42)64-61(66-62)49-26-12-20-43(35-49)40-15-4-2-5-16-40/h2-39H. The van der Waals surface area contributed by atoms with Gasteiger partial charge in [-0.1, -0.05) is 188 Å². The first-order valence-electron chi connectivity index (χ1n) is 22.1. The van der Waals surface area contributed by atoms with Crippen LogP contribution in [0.25, 0.3) is 128 Å². The molecule has 1 aliphatic carbocycles. The first-order chi connectivity index (χ1) is 32.6. The fourth-order valence-electron chi connectivity index (χ4n) is 9.47. The number of hydrogen-bond acceptors (Lipinski definition) is 3. The summed E-state index contributed by atoms with van der Waals surface area (Å²) in [6, 6.07) is 80.5. The zero-order valence-electron chi connectivity index (χ0n) is 35.7. The highest BCUT2D eigenvalue weighted by Crippen LogP contribution is 2.51. The number of aromatic nitrogens is 3. The zero-order valence-corrected chi connectivity index (χ0v) is 35.7. The van der Waals surface area contributed by atoms with Crippen molar-refractivity contribution < 1.29 is 0 Å². The van der Waals surface area contributed by atoms with Crippen LogP contribution in [0.3, 0.4) is 0 Å². The summed E-state index contributed by atoms with van der Waals surface area (Å²) in [7, 11) is 0. The van der Waals surface area contributed by atoms with Crippen molar-refractivity contribution in [3.63, 3.8) is 0 Å². The third kappa shape index (κ3) is 7.02. The molecule has 306 valence electrons. The van der Waals surface area contributed by atoms with Gasteiger partial charge in [0.15, 0.2) is 23.2 Å². The predicted octanol–water partition coefficient (Wildman–Crippen LogP) is 16.6. The molecule has 0 saturated carbocycles. The van der Waals surface area contributed by atoms with Gasteiger partial charge in [0.05, 0.1) is 6.57 Å². The zero-order chi connectivity index (χ0) is 44.0. The smallest absolute Gasteiger partial charge is 0.188 e. The van der Waals surface area contributed by atoms with Gasteiger partial charge in [-0.3, -0.25) is 0 Å². The molecule has 1 aromatic heterocycles. The summed E-state index contributed by atoms with van der Waals surface area (Å²) >= 11 is 0. The Morgan fingerprint density at radius 1 is 0.273 bits per heavy atom. The highest BCUT2D eigenvalue weighted by atomic mass is 15.0. The first kappa shape index (κ1) is 38.6. The third-order valence-corrected chi connectivity index (χ3v) is 12.6. The molecular weight excluding hydrogens is 801 g/mol. The molecule has 11 aromatic rings. The molecule has 10 aromatic carbocycles. The maximum atomic E-state index is 8.13. The summed E-state index contributed by atoms with van der Waals surface area (Å²) in [6.45, 7) is 8.13. The molecule has 1 heterocycles. The summed E-state index contributed by atoms with van der Waals surface area (Å²) in [5, 5.41) is 2.58. The van der Waals surface area contributed by atoms with Gasteiger partial charge in [0.1, 0.15) is 0 Å². The van der Waals surface area contributed by atoms with Crippen LogP contribution in [0.15, 0.2) is 231 Å². The van der Waals surface area contributed by atoms with Crippen molar-refractivity contribution in [3.8, 4) is 112 Å². The van der Waals surface area contributed by atoms with E-state index in [1.807, 2.05) is 84.9 Å². The minimum Gasteiger partial charge on any atom is -0.238 e. The van der Waals surface area contributed by atoms with E-state index in [4.69, 9.17) is 21.5 Å². The predicted molar refractivity (Wildman–Crippen MR) is 272 cm³/mol. The molecular formula is C62H38N4. The Balaban J connectivity index is 0.905. The Labute approximate surface area is 383 Å². The average molecular weight is 839 g/mol. The molecule has 12 rings (SSSR count). The van der Waals surface area contributed by atoms with E-state index in [9.17, 15) is 0 Å². The fourth-order valence-corrected chi connectivity index (χ4v) is 9.47. The maximum absolute atomic E-state index is 8.13. The minimum atomic E-state index is 0.571. The van der Waals surface area contributed by atoms with Gasteiger partial charge in [-0.2, -0.15) is 0 Å². The number of fused-ring (bicyclic) bond motifs is 3. The van der Waals surface area contributed by atoms with Gasteiger partial charge in [0.2, 0.25) is 0 Å². The normalized spacial score (nSPS) is 11.3. The van der Waals surface area contributed by atoms with Gasteiger partial charge < -0.3 is 0 Å². The largest absolute Gasteiger partial charge is 0.238 e. The molecule has 0 aliphatic heterocycles. The van der Waals surface area contributed by atoms with Crippen LogP contribution >= 0.6 is 0 Å². The summed E-state index contributed by atoms with van der Waals surface area (Å²) in [5.74, 6) is 1.77. The quantitative estimate of drug-likeness (QED) is 0.143. The van der Waals surface area contributed by atoms with E-state index in [1.165, 1.54) is 44.2 Å². The minimum absolute atomic E-state index is 0.571. The van der Waals surface area contributed by atoms with E-state index < -0.39 is 0 Å². The van der Waals surface area contributed by atoms with E-state index in [0.29, 0.717) is 23.2 Å². The topological polar surface area (TPSA) is 43.0 Å². The van der Waals surface area contributed by atoms with Crippen molar-refractivity contribution in [3.05, 3.63) is 242 Å². The molecule has 0 saturated heterocycles. The van der Waals surface area contributed by atoms with Crippen molar-refractivity contribution in [1.29, 1.82) is 0 Å². The molecule has 0 spiro atoms.